The lowest BCUT2D eigenvalue weighted by atomic mass is 9.98. The van der Waals surface area contributed by atoms with Gasteiger partial charge in [-0.25, -0.2) is 9.37 Å². The quantitative estimate of drug-likeness (QED) is 0.656. The van der Waals surface area contributed by atoms with E-state index in [9.17, 15) is 14.0 Å². The number of rotatable bonds is 6. The molecule has 2 amide bonds. The third-order valence-electron chi connectivity index (χ3n) is 5.02. The summed E-state index contributed by atoms with van der Waals surface area (Å²) in [4.78, 5) is 30.1. The van der Waals surface area contributed by atoms with E-state index >= 15 is 0 Å². The number of fused-ring (bicyclic) bond motifs is 1. The molecule has 0 fully saturated rings. The van der Waals surface area contributed by atoms with E-state index in [1.165, 1.54) is 12.1 Å². The van der Waals surface area contributed by atoms with Crippen LogP contribution >= 0.6 is 0 Å². The van der Waals surface area contributed by atoms with E-state index in [-0.39, 0.29) is 17.4 Å². The molecular weight excluding hydrogens is 371 g/mol. The normalized spacial score (nSPS) is 12.9. The molecule has 0 saturated heterocycles. The van der Waals surface area contributed by atoms with Crippen molar-refractivity contribution < 1.29 is 14.0 Å². The lowest BCUT2D eigenvalue weighted by Crippen LogP contribution is -2.25. The molecule has 7 heteroatoms. The van der Waals surface area contributed by atoms with Gasteiger partial charge in [0.25, 0.3) is 11.8 Å². The molecule has 0 unspecified atom stereocenters. The van der Waals surface area contributed by atoms with Crippen molar-refractivity contribution in [1.29, 1.82) is 0 Å². The second kappa shape index (κ2) is 7.87. The molecule has 6 nitrogen and oxygen atoms in total. The zero-order chi connectivity index (χ0) is 20.4. The molecule has 1 N–H and O–H groups in total. The Labute approximate surface area is 168 Å². The fraction of sp³-hybridized carbons (Fsp3) is 0.227. The number of nitrogens with zero attached hydrogens (tertiary/aromatic N) is 3. The zero-order valence-corrected chi connectivity index (χ0v) is 16.1. The average molecular weight is 392 g/mol. The van der Waals surface area contributed by atoms with Crippen LogP contribution in [0.1, 0.15) is 32.7 Å². The Morgan fingerprint density at radius 3 is 2.86 bits per heavy atom. The maximum absolute atomic E-state index is 14.2. The zero-order valence-electron chi connectivity index (χ0n) is 16.1. The molecule has 0 spiro atoms. The first-order valence-electron chi connectivity index (χ1n) is 9.44. The number of amides is 2. The lowest BCUT2D eigenvalue weighted by Gasteiger charge is -2.09. The molecule has 0 aliphatic carbocycles. The molecule has 2 aromatic carbocycles. The number of imidazole rings is 1. The monoisotopic (exact) mass is 392 g/mol. The molecule has 2 heterocycles. The summed E-state index contributed by atoms with van der Waals surface area (Å²) in [5, 5.41) is 2.83. The van der Waals surface area contributed by atoms with Crippen LogP contribution in [0.3, 0.4) is 0 Å². The number of aryl methyl sites for hydroxylation is 1. The highest BCUT2D eigenvalue weighted by Crippen LogP contribution is 2.29. The van der Waals surface area contributed by atoms with E-state index in [4.69, 9.17) is 0 Å². The minimum absolute atomic E-state index is 0.0125. The minimum atomic E-state index is -0.472. The fourth-order valence-electron chi connectivity index (χ4n) is 3.52. The maximum Gasteiger partial charge on any atom is 0.254 e. The maximum atomic E-state index is 14.2. The van der Waals surface area contributed by atoms with Gasteiger partial charge in [0.05, 0.1) is 6.33 Å². The van der Waals surface area contributed by atoms with E-state index < -0.39 is 5.82 Å². The third-order valence-corrected chi connectivity index (χ3v) is 5.02. The Morgan fingerprint density at radius 2 is 2.07 bits per heavy atom. The molecule has 148 valence electrons. The van der Waals surface area contributed by atoms with E-state index in [1.54, 1.807) is 42.7 Å². The molecule has 3 aromatic rings. The Kier molecular flexibility index (Phi) is 5.12. The molecule has 0 atom stereocenters. The van der Waals surface area contributed by atoms with Crippen LogP contribution in [0.4, 0.5) is 4.39 Å². The van der Waals surface area contributed by atoms with Crippen LogP contribution in [0, 0.1) is 5.82 Å². The minimum Gasteiger partial charge on any atom is -0.352 e. The van der Waals surface area contributed by atoms with Crippen LogP contribution in [0.15, 0.2) is 55.1 Å². The summed E-state index contributed by atoms with van der Waals surface area (Å²) in [5.41, 5.74) is 3.24. The van der Waals surface area contributed by atoms with Gasteiger partial charge in [-0.3, -0.25) is 9.59 Å². The Bertz CT molecular complexity index is 1060. The first-order valence-corrected chi connectivity index (χ1v) is 9.44. The molecular formula is C22H21FN4O2. The second-order valence-corrected chi connectivity index (χ2v) is 7.17. The number of hydrogen-bond donors (Lipinski definition) is 1. The topological polar surface area (TPSA) is 67.2 Å². The van der Waals surface area contributed by atoms with Crippen molar-refractivity contribution in [3.63, 3.8) is 0 Å². The van der Waals surface area contributed by atoms with Crippen molar-refractivity contribution >= 4 is 11.8 Å². The van der Waals surface area contributed by atoms with Gasteiger partial charge in [-0.1, -0.05) is 6.07 Å². The van der Waals surface area contributed by atoms with Crippen molar-refractivity contribution in [2.45, 2.75) is 19.5 Å². The molecule has 0 bridgehead atoms. The van der Waals surface area contributed by atoms with Crippen LogP contribution in [0.2, 0.25) is 0 Å². The summed E-state index contributed by atoms with van der Waals surface area (Å²) in [6, 6.07) is 9.75. The summed E-state index contributed by atoms with van der Waals surface area (Å²) in [6.07, 6.45) is 6.04. The highest BCUT2D eigenvalue weighted by molar-refractivity contribution is 5.99. The summed E-state index contributed by atoms with van der Waals surface area (Å²) in [5.74, 6) is -0.797. The number of nitrogens with one attached hydrogen (secondary N) is 1. The van der Waals surface area contributed by atoms with Crippen LogP contribution in [-0.2, 0) is 13.1 Å². The molecule has 0 saturated carbocycles. The third kappa shape index (κ3) is 4.03. The summed E-state index contributed by atoms with van der Waals surface area (Å²) in [7, 11) is 1.75. The standard InChI is InChI=1S/C22H21FN4O2/c1-26-13-18-9-15(3-4-20(18)22(26)29)16-10-17(12-19(23)11-16)21(28)25-5-2-7-27-8-6-24-14-27/h3-4,6,8-12,14H,2,5,7,13H2,1H3,(H,25,28). The summed E-state index contributed by atoms with van der Waals surface area (Å²) in [6.45, 7) is 1.76. The number of carbonyl (C=O) groups is 2. The van der Waals surface area contributed by atoms with Crippen molar-refractivity contribution in [3.8, 4) is 11.1 Å². The molecule has 29 heavy (non-hydrogen) atoms. The predicted octanol–water partition coefficient (Wildman–Crippen LogP) is 3.09. The van der Waals surface area contributed by atoms with Crippen LogP contribution in [0.25, 0.3) is 11.1 Å². The number of halogens is 1. The van der Waals surface area contributed by atoms with Gasteiger partial charge < -0.3 is 14.8 Å². The Hall–Kier alpha value is -3.48. The van der Waals surface area contributed by atoms with E-state index in [2.05, 4.69) is 10.3 Å². The molecule has 1 aliphatic rings. The lowest BCUT2D eigenvalue weighted by molar-refractivity contribution is 0.0816. The van der Waals surface area contributed by atoms with Crippen molar-refractivity contribution in [2.24, 2.45) is 0 Å². The highest BCUT2D eigenvalue weighted by Gasteiger charge is 2.24. The van der Waals surface area contributed by atoms with Crippen LogP contribution in [0.5, 0.6) is 0 Å². The smallest absolute Gasteiger partial charge is 0.254 e. The predicted molar refractivity (Wildman–Crippen MR) is 107 cm³/mol. The van der Waals surface area contributed by atoms with Gasteiger partial charge in [-0.05, 0) is 53.4 Å². The van der Waals surface area contributed by atoms with Gasteiger partial charge in [0, 0.05) is 50.2 Å². The second-order valence-electron chi connectivity index (χ2n) is 7.17. The Morgan fingerprint density at radius 1 is 1.21 bits per heavy atom. The highest BCUT2D eigenvalue weighted by atomic mass is 19.1. The fourth-order valence-corrected chi connectivity index (χ4v) is 3.52. The van der Waals surface area contributed by atoms with Crippen molar-refractivity contribution in [2.75, 3.05) is 13.6 Å². The van der Waals surface area contributed by atoms with Gasteiger partial charge >= 0.3 is 0 Å². The van der Waals surface area contributed by atoms with Crippen LogP contribution < -0.4 is 5.32 Å². The van der Waals surface area contributed by atoms with E-state index in [1.807, 2.05) is 16.8 Å². The van der Waals surface area contributed by atoms with Crippen molar-refractivity contribution in [3.05, 3.63) is 77.6 Å². The van der Waals surface area contributed by atoms with Gasteiger partial charge in [-0.2, -0.15) is 0 Å². The molecule has 0 radical (unpaired) electrons. The number of benzene rings is 2. The first-order chi connectivity index (χ1) is 14.0. The summed E-state index contributed by atoms with van der Waals surface area (Å²) >= 11 is 0. The van der Waals surface area contributed by atoms with Crippen molar-refractivity contribution in [1.82, 2.24) is 19.8 Å². The van der Waals surface area contributed by atoms with Crippen LogP contribution in [-0.4, -0.2) is 39.9 Å². The number of carbonyl (C=O) groups excluding carboxylic acids is 2. The molecule has 1 aromatic heterocycles. The van der Waals surface area contributed by atoms with Gasteiger partial charge in [-0.15, -0.1) is 0 Å². The molecule has 4 rings (SSSR count). The number of hydrogen-bond acceptors (Lipinski definition) is 3. The molecule has 1 aliphatic heterocycles. The van der Waals surface area contributed by atoms with E-state index in [0.29, 0.717) is 24.2 Å². The van der Waals surface area contributed by atoms with E-state index in [0.717, 1.165) is 24.1 Å². The van der Waals surface area contributed by atoms with Gasteiger partial charge in [0.2, 0.25) is 0 Å². The number of aromatic nitrogens is 2. The SMILES string of the molecule is CN1Cc2cc(-c3cc(F)cc(C(=O)NCCCn4ccnc4)c3)ccc2C1=O. The Balaban J connectivity index is 1.47. The average Bonchev–Trinajstić information content (AvgIpc) is 3.32. The summed E-state index contributed by atoms with van der Waals surface area (Å²) < 4.78 is 16.1. The van der Waals surface area contributed by atoms with Gasteiger partial charge in [0.15, 0.2) is 0 Å². The largest absolute Gasteiger partial charge is 0.352 e. The van der Waals surface area contributed by atoms with Gasteiger partial charge in [0.1, 0.15) is 5.82 Å². The first kappa shape index (κ1) is 18.9.